The molecule has 1 unspecified atom stereocenters. The monoisotopic (exact) mass is 162 g/mol. The first-order valence-corrected chi connectivity index (χ1v) is 4.17. The summed E-state index contributed by atoms with van der Waals surface area (Å²) in [6, 6.07) is 7.93. The zero-order chi connectivity index (χ0) is 8.97. The minimum atomic E-state index is -0.531. The summed E-state index contributed by atoms with van der Waals surface area (Å²) in [5, 5.41) is 9.43. The standard InChI is InChI=1S/C11H14O/c1-3-9-6-5-7-10(8-9)11(12)4-2/h4-8,11-12H,2-3H2,1H3. The highest BCUT2D eigenvalue weighted by atomic mass is 16.3. The first-order chi connectivity index (χ1) is 5.77. The molecule has 0 heterocycles. The molecule has 1 nitrogen and oxygen atoms in total. The quantitative estimate of drug-likeness (QED) is 0.677. The van der Waals surface area contributed by atoms with Crippen LogP contribution in [-0.4, -0.2) is 5.11 Å². The van der Waals surface area contributed by atoms with Crippen LogP contribution in [-0.2, 0) is 6.42 Å². The highest BCUT2D eigenvalue weighted by Gasteiger charge is 2.01. The lowest BCUT2D eigenvalue weighted by molar-refractivity contribution is 0.229. The Hall–Kier alpha value is -1.08. The normalized spacial score (nSPS) is 12.5. The summed E-state index contributed by atoms with van der Waals surface area (Å²) in [5.74, 6) is 0. The SMILES string of the molecule is C=CC(O)c1cccc(CC)c1. The second kappa shape index (κ2) is 4.07. The van der Waals surface area contributed by atoms with Crippen LogP contribution in [0.5, 0.6) is 0 Å². The maximum atomic E-state index is 9.43. The molecule has 64 valence electrons. The molecule has 1 aromatic rings. The number of aliphatic hydroxyl groups is 1. The van der Waals surface area contributed by atoms with Gasteiger partial charge in [0.2, 0.25) is 0 Å². The molecular formula is C11H14O. The topological polar surface area (TPSA) is 20.2 Å². The van der Waals surface area contributed by atoms with Crippen molar-refractivity contribution in [2.24, 2.45) is 0 Å². The zero-order valence-electron chi connectivity index (χ0n) is 7.33. The van der Waals surface area contributed by atoms with Gasteiger partial charge in [0.05, 0.1) is 6.10 Å². The Bertz CT molecular complexity index is 265. The summed E-state index contributed by atoms with van der Waals surface area (Å²) in [6.07, 6.45) is 2.00. The van der Waals surface area contributed by atoms with Crippen LogP contribution in [0.3, 0.4) is 0 Å². The predicted molar refractivity (Wildman–Crippen MR) is 51.0 cm³/mol. The van der Waals surface area contributed by atoms with E-state index in [0.717, 1.165) is 12.0 Å². The van der Waals surface area contributed by atoms with Crippen molar-refractivity contribution in [3.8, 4) is 0 Å². The van der Waals surface area contributed by atoms with Gasteiger partial charge in [0, 0.05) is 0 Å². The average Bonchev–Trinajstić information content (AvgIpc) is 2.17. The van der Waals surface area contributed by atoms with E-state index in [0.29, 0.717) is 0 Å². The molecule has 0 fully saturated rings. The van der Waals surface area contributed by atoms with Gasteiger partial charge in [0.15, 0.2) is 0 Å². The third kappa shape index (κ3) is 1.95. The molecule has 0 aliphatic heterocycles. The largest absolute Gasteiger partial charge is 0.384 e. The van der Waals surface area contributed by atoms with Crippen molar-refractivity contribution in [3.05, 3.63) is 48.0 Å². The summed E-state index contributed by atoms with van der Waals surface area (Å²) in [4.78, 5) is 0. The molecule has 12 heavy (non-hydrogen) atoms. The van der Waals surface area contributed by atoms with Gasteiger partial charge < -0.3 is 5.11 Å². The molecule has 1 atom stereocenters. The molecule has 0 aromatic heterocycles. The molecule has 0 spiro atoms. The van der Waals surface area contributed by atoms with Crippen molar-refractivity contribution in [1.82, 2.24) is 0 Å². The number of hydrogen-bond donors (Lipinski definition) is 1. The van der Waals surface area contributed by atoms with Crippen molar-refractivity contribution >= 4 is 0 Å². The first kappa shape index (κ1) is 9.01. The summed E-state index contributed by atoms with van der Waals surface area (Å²) in [5.41, 5.74) is 2.16. The van der Waals surface area contributed by atoms with Crippen LogP contribution < -0.4 is 0 Å². The highest BCUT2D eigenvalue weighted by molar-refractivity contribution is 5.26. The van der Waals surface area contributed by atoms with Crippen LogP contribution >= 0.6 is 0 Å². The zero-order valence-corrected chi connectivity index (χ0v) is 7.33. The maximum absolute atomic E-state index is 9.43. The fourth-order valence-corrected chi connectivity index (χ4v) is 1.13. The minimum absolute atomic E-state index is 0.531. The van der Waals surface area contributed by atoms with Gasteiger partial charge in [-0.15, -0.1) is 6.58 Å². The van der Waals surface area contributed by atoms with Crippen LogP contribution in [0, 0.1) is 0 Å². The van der Waals surface area contributed by atoms with E-state index in [4.69, 9.17) is 0 Å². The van der Waals surface area contributed by atoms with E-state index in [-0.39, 0.29) is 0 Å². The fraction of sp³-hybridized carbons (Fsp3) is 0.273. The van der Waals surface area contributed by atoms with Gasteiger partial charge in [-0.05, 0) is 17.5 Å². The molecule has 0 aliphatic carbocycles. The van der Waals surface area contributed by atoms with Gasteiger partial charge in [-0.25, -0.2) is 0 Å². The molecule has 1 aromatic carbocycles. The summed E-state index contributed by atoms with van der Waals surface area (Å²) in [6.45, 7) is 5.64. The Balaban J connectivity index is 2.93. The van der Waals surface area contributed by atoms with E-state index in [2.05, 4.69) is 19.6 Å². The average molecular weight is 162 g/mol. The summed E-state index contributed by atoms with van der Waals surface area (Å²) in [7, 11) is 0. The van der Waals surface area contributed by atoms with Gasteiger partial charge >= 0.3 is 0 Å². The lowest BCUT2D eigenvalue weighted by Gasteiger charge is -2.06. The predicted octanol–water partition coefficient (Wildman–Crippen LogP) is 2.47. The molecule has 0 amide bonds. The Morgan fingerprint density at radius 1 is 1.58 bits per heavy atom. The lowest BCUT2D eigenvalue weighted by atomic mass is 10.0. The lowest BCUT2D eigenvalue weighted by Crippen LogP contribution is -1.93. The fourth-order valence-electron chi connectivity index (χ4n) is 1.13. The molecule has 0 radical (unpaired) electrons. The molecular weight excluding hydrogens is 148 g/mol. The van der Waals surface area contributed by atoms with Crippen LogP contribution in [0.2, 0.25) is 0 Å². The number of rotatable bonds is 3. The Morgan fingerprint density at radius 2 is 2.33 bits per heavy atom. The van der Waals surface area contributed by atoms with E-state index < -0.39 is 6.10 Å². The van der Waals surface area contributed by atoms with Crippen molar-refractivity contribution in [2.45, 2.75) is 19.4 Å². The molecule has 0 aliphatic rings. The minimum Gasteiger partial charge on any atom is -0.384 e. The first-order valence-electron chi connectivity index (χ1n) is 4.17. The van der Waals surface area contributed by atoms with Crippen molar-refractivity contribution < 1.29 is 5.11 Å². The van der Waals surface area contributed by atoms with E-state index in [1.54, 1.807) is 0 Å². The van der Waals surface area contributed by atoms with Crippen LogP contribution in [0.4, 0.5) is 0 Å². The molecule has 0 saturated heterocycles. The number of benzene rings is 1. The van der Waals surface area contributed by atoms with Gasteiger partial charge in [-0.1, -0.05) is 37.3 Å². The molecule has 0 saturated carbocycles. The van der Waals surface area contributed by atoms with Crippen molar-refractivity contribution in [1.29, 1.82) is 0 Å². The van der Waals surface area contributed by atoms with E-state index in [1.807, 2.05) is 18.2 Å². The Kier molecular flexibility index (Phi) is 3.06. The van der Waals surface area contributed by atoms with Gasteiger partial charge in [-0.2, -0.15) is 0 Å². The van der Waals surface area contributed by atoms with Gasteiger partial charge in [0.1, 0.15) is 0 Å². The van der Waals surface area contributed by atoms with Crippen LogP contribution in [0.25, 0.3) is 0 Å². The number of aliphatic hydroxyl groups excluding tert-OH is 1. The van der Waals surface area contributed by atoms with Crippen molar-refractivity contribution in [2.75, 3.05) is 0 Å². The second-order valence-corrected chi connectivity index (χ2v) is 2.78. The van der Waals surface area contributed by atoms with E-state index in [9.17, 15) is 5.11 Å². The van der Waals surface area contributed by atoms with E-state index >= 15 is 0 Å². The number of aryl methyl sites for hydroxylation is 1. The molecule has 0 bridgehead atoms. The van der Waals surface area contributed by atoms with E-state index in [1.165, 1.54) is 11.6 Å². The molecule has 1 N–H and O–H groups in total. The summed E-state index contributed by atoms with van der Waals surface area (Å²) >= 11 is 0. The Morgan fingerprint density at radius 3 is 2.92 bits per heavy atom. The second-order valence-electron chi connectivity index (χ2n) is 2.78. The Labute approximate surface area is 73.4 Å². The van der Waals surface area contributed by atoms with Gasteiger partial charge in [0.25, 0.3) is 0 Å². The van der Waals surface area contributed by atoms with Crippen LogP contribution in [0.1, 0.15) is 24.2 Å². The van der Waals surface area contributed by atoms with Crippen LogP contribution in [0.15, 0.2) is 36.9 Å². The molecule has 1 heteroatoms. The smallest absolute Gasteiger partial charge is 0.0969 e. The molecule has 1 rings (SSSR count). The number of hydrogen-bond acceptors (Lipinski definition) is 1. The third-order valence-electron chi connectivity index (χ3n) is 1.92. The van der Waals surface area contributed by atoms with Gasteiger partial charge in [-0.3, -0.25) is 0 Å². The summed E-state index contributed by atoms with van der Waals surface area (Å²) < 4.78 is 0. The highest BCUT2D eigenvalue weighted by Crippen LogP contribution is 2.15. The van der Waals surface area contributed by atoms with Crippen molar-refractivity contribution in [3.63, 3.8) is 0 Å². The maximum Gasteiger partial charge on any atom is 0.0969 e. The third-order valence-corrected chi connectivity index (χ3v) is 1.92.